The Morgan fingerprint density at radius 2 is 1.88 bits per heavy atom. The molecule has 2 atom stereocenters. The van der Waals surface area contributed by atoms with Crippen molar-refractivity contribution in [3.63, 3.8) is 0 Å². The lowest BCUT2D eigenvalue weighted by Gasteiger charge is -2.40. The first kappa shape index (κ1) is 18.7. The van der Waals surface area contributed by atoms with E-state index in [0.717, 1.165) is 21.3 Å². The lowest BCUT2D eigenvalue weighted by atomic mass is 9.87. The number of halogens is 1. The molecule has 0 saturated carbocycles. The molecule has 1 heterocycles. The van der Waals surface area contributed by atoms with Crippen LogP contribution in [-0.2, 0) is 11.3 Å². The van der Waals surface area contributed by atoms with Crippen molar-refractivity contribution in [2.24, 2.45) is 0 Å². The Morgan fingerprint density at radius 3 is 2.50 bits per heavy atom. The number of benzene rings is 2. The zero-order valence-electron chi connectivity index (χ0n) is 14.6. The van der Waals surface area contributed by atoms with Crippen molar-refractivity contribution in [2.75, 3.05) is 20.2 Å². The number of ether oxygens (including phenoxy) is 2. The molecule has 5 nitrogen and oxygen atoms in total. The fourth-order valence-electron chi connectivity index (χ4n) is 3.27. The maximum absolute atomic E-state index is 11.3. The van der Waals surface area contributed by atoms with E-state index in [4.69, 9.17) is 9.47 Å². The van der Waals surface area contributed by atoms with E-state index in [-0.39, 0.29) is 12.0 Å². The van der Waals surface area contributed by atoms with Gasteiger partial charge in [-0.2, -0.15) is 0 Å². The minimum atomic E-state index is -1.14. The molecule has 2 unspecified atom stereocenters. The summed E-state index contributed by atoms with van der Waals surface area (Å²) in [5, 5.41) is 11.3. The number of likely N-dealkylation sites (tertiary alicyclic amines) is 1. The summed E-state index contributed by atoms with van der Waals surface area (Å²) in [7, 11) is 1.63. The average molecular weight is 419 g/mol. The molecule has 1 aliphatic rings. The standard InChI is InChI=1S/C20H22BrNO4/c1-25-17-8-2-14(3-9-17)13-26-19-12-22(20(23)24)11-10-18(19)15-4-6-16(21)7-5-15/h2-9,18-19H,10-13H2,1H3,(H,23,24)/p-1. The quantitative estimate of drug-likeness (QED) is 0.747. The summed E-state index contributed by atoms with van der Waals surface area (Å²) in [4.78, 5) is 12.6. The van der Waals surface area contributed by atoms with Crippen LogP contribution in [-0.4, -0.2) is 37.3 Å². The number of methoxy groups -OCH3 is 1. The molecule has 0 bridgehead atoms. The van der Waals surface area contributed by atoms with Crippen LogP contribution in [0.1, 0.15) is 23.5 Å². The van der Waals surface area contributed by atoms with Gasteiger partial charge in [-0.15, -0.1) is 0 Å². The fourth-order valence-corrected chi connectivity index (χ4v) is 3.53. The third kappa shape index (κ3) is 4.56. The molecule has 138 valence electrons. The Bertz CT molecular complexity index is 732. The molecule has 0 aliphatic carbocycles. The molecule has 3 rings (SSSR count). The number of piperidine rings is 1. The van der Waals surface area contributed by atoms with Crippen molar-refractivity contribution >= 4 is 22.0 Å². The first-order chi connectivity index (χ1) is 12.6. The number of carboxylic acid groups (broad SMARTS) is 1. The van der Waals surface area contributed by atoms with E-state index in [1.165, 1.54) is 4.90 Å². The van der Waals surface area contributed by atoms with Gasteiger partial charge in [-0.25, -0.2) is 0 Å². The van der Waals surface area contributed by atoms with Crippen LogP contribution >= 0.6 is 15.9 Å². The molecule has 1 saturated heterocycles. The molecular formula is C20H21BrNO4-. The molecule has 1 fully saturated rings. The summed E-state index contributed by atoms with van der Waals surface area (Å²) in [6.45, 7) is 1.20. The lowest BCUT2D eigenvalue weighted by molar-refractivity contribution is -0.268. The van der Waals surface area contributed by atoms with Crippen LogP contribution in [0.3, 0.4) is 0 Å². The minimum absolute atomic E-state index is 0.150. The van der Waals surface area contributed by atoms with Crippen molar-refractivity contribution in [1.29, 1.82) is 0 Å². The summed E-state index contributed by atoms with van der Waals surface area (Å²) in [5.74, 6) is 0.944. The molecule has 0 spiro atoms. The van der Waals surface area contributed by atoms with E-state index in [1.807, 2.05) is 36.4 Å². The van der Waals surface area contributed by atoms with E-state index < -0.39 is 6.09 Å². The lowest BCUT2D eigenvalue weighted by Crippen LogP contribution is -2.51. The van der Waals surface area contributed by atoms with Gasteiger partial charge in [-0.05, 0) is 41.8 Å². The summed E-state index contributed by atoms with van der Waals surface area (Å²) in [6.07, 6.45) is -0.648. The monoisotopic (exact) mass is 418 g/mol. The van der Waals surface area contributed by atoms with Crippen molar-refractivity contribution in [2.45, 2.75) is 25.0 Å². The predicted octanol–water partition coefficient (Wildman–Crippen LogP) is 3.18. The summed E-state index contributed by atoms with van der Waals surface area (Å²) in [6, 6.07) is 15.8. The molecule has 2 aromatic carbocycles. The predicted molar refractivity (Wildman–Crippen MR) is 100 cm³/mol. The number of hydrogen-bond donors (Lipinski definition) is 0. The third-order valence-electron chi connectivity index (χ3n) is 4.74. The number of carbonyl (C=O) groups is 1. The van der Waals surface area contributed by atoms with Gasteiger partial charge in [-0.3, -0.25) is 0 Å². The first-order valence-corrected chi connectivity index (χ1v) is 9.32. The summed E-state index contributed by atoms with van der Waals surface area (Å²) >= 11 is 3.45. The van der Waals surface area contributed by atoms with Crippen LogP contribution in [0, 0.1) is 0 Å². The van der Waals surface area contributed by atoms with Gasteiger partial charge in [0.1, 0.15) is 11.8 Å². The number of nitrogens with zero attached hydrogens (tertiary/aromatic N) is 1. The summed E-state index contributed by atoms with van der Waals surface area (Å²) < 4.78 is 12.3. The van der Waals surface area contributed by atoms with E-state index >= 15 is 0 Å². The zero-order chi connectivity index (χ0) is 18.5. The van der Waals surface area contributed by atoms with Crippen molar-refractivity contribution in [1.82, 2.24) is 4.90 Å². The molecule has 1 amide bonds. The van der Waals surface area contributed by atoms with Gasteiger partial charge in [-0.1, -0.05) is 40.2 Å². The Labute approximate surface area is 161 Å². The normalized spacial score (nSPS) is 20.0. The Morgan fingerprint density at radius 1 is 1.19 bits per heavy atom. The van der Waals surface area contributed by atoms with Gasteiger partial charge in [0.2, 0.25) is 0 Å². The van der Waals surface area contributed by atoms with Crippen LogP contribution in [0.15, 0.2) is 53.0 Å². The van der Waals surface area contributed by atoms with Crippen LogP contribution < -0.4 is 9.84 Å². The maximum atomic E-state index is 11.3. The van der Waals surface area contributed by atoms with Gasteiger partial charge in [0.05, 0.1) is 19.8 Å². The van der Waals surface area contributed by atoms with Gasteiger partial charge in [0.15, 0.2) is 0 Å². The first-order valence-electron chi connectivity index (χ1n) is 8.52. The number of carbonyl (C=O) groups excluding carboxylic acids is 1. The van der Waals surface area contributed by atoms with E-state index in [1.54, 1.807) is 7.11 Å². The summed E-state index contributed by atoms with van der Waals surface area (Å²) in [5.41, 5.74) is 2.18. The van der Waals surface area contributed by atoms with Crippen molar-refractivity contribution in [3.8, 4) is 5.75 Å². The van der Waals surface area contributed by atoms with E-state index in [2.05, 4.69) is 28.1 Å². The second kappa shape index (κ2) is 8.56. The van der Waals surface area contributed by atoms with Crippen LogP contribution in [0.5, 0.6) is 5.75 Å². The SMILES string of the molecule is COc1ccc(COC2CN(C(=O)[O-])CCC2c2ccc(Br)cc2)cc1. The largest absolute Gasteiger partial charge is 0.530 e. The van der Waals surface area contributed by atoms with E-state index in [0.29, 0.717) is 26.1 Å². The minimum Gasteiger partial charge on any atom is -0.530 e. The topological polar surface area (TPSA) is 61.8 Å². The van der Waals surface area contributed by atoms with Gasteiger partial charge < -0.3 is 24.3 Å². The molecule has 0 radical (unpaired) electrons. The molecule has 26 heavy (non-hydrogen) atoms. The van der Waals surface area contributed by atoms with Gasteiger partial charge in [0, 0.05) is 23.5 Å². The van der Waals surface area contributed by atoms with Gasteiger partial charge in [0.25, 0.3) is 0 Å². The van der Waals surface area contributed by atoms with Crippen LogP contribution in [0.25, 0.3) is 0 Å². The van der Waals surface area contributed by atoms with Crippen LogP contribution in [0.2, 0.25) is 0 Å². The molecular weight excluding hydrogens is 398 g/mol. The highest BCUT2D eigenvalue weighted by atomic mass is 79.9. The second-order valence-corrected chi connectivity index (χ2v) is 7.27. The third-order valence-corrected chi connectivity index (χ3v) is 5.27. The van der Waals surface area contributed by atoms with Crippen molar-refractivity contribution < 1.29 is 19.4 Å². The highest BCUT2D eigenvalue weighted by Gasteiger charge is 2.31. The average Bonchev–Trinajstić information content (AvgIpc) is 2.67. The zero-order valence-corrected chi connectivity index (χ0v) is 16.1. The molecule has 0 aromatic heterocycles. The molecule has 2 aromatic rings. The molecule has 6 heteroatoms. The van der Waals surface area contributed by atoms with Crippen LogP contribution in [0.4, 0.5) is 4.79 Å². The number of rotatable bonds is 5. The maximum Gasteiger partial charge on any atom is 0.137 e. The fraction of sp³-hybridized carbons (Fsp3) is 0.350. The number of hydrogen-bond acceptors (Lipinski definition) is 4. The Balaban J connectivity index is 1.72. The Hall–Kier alpha value is -2.05. The number of amides is 1. The Kier molecular flexibility index (Phi) is 6.16. The molecule has 1 aliphatic heterocycles. The van der Waals surface area contributed by atoms with Crippen molar-refractivity contribution in [3.05, 3.63) is 64.1 Å². The second-order valence-electron chi connectivity index (χ2n) is 6.36. The smallest absolute Gasteiger partial charge is 0.137 e. The van der Waals surface area contributed by atoms with Gasteiger partial charge >= 0.3 is 0 Å². The van der Waals surface area contributed by atoms with E-state index in [9.17, 15) is 9.90 Å². The highest BCUT2D eigenvalue weighted by molar-refractivity contribution is 9.10. The molecule has 0 N–H and O–H groups in total. The highest BCUT2D eigenvalue weighted by Crippen LogP contribution is 2.31.